The Morgan fingerprint density at radius 2 is 1.76 bits per heavy atom. The van der Waals surface area contributed by atoms with E-state index in [0.29, 0.717) is 44.8 Å². The maximum Gasteiger partial charge on any atom is 0.273 e. The van der Waals surface area contributed by atoms with Crippen molar-refractivity contribution in [1.82, 2.24) is 14.8 Å². The van der Waals surface area contributed by atoms with Crippen LogP contribution in [0.5, 0.6) is 0 Å². The number of hydrogen-bond donors (Lipinski definition) is 1. The molecule has 2 aromatic rings. The summed E-state index contributed by atoms with van der Waals surface area (Å²) in [6.45, 7) is 4.57. The summed E-state index contributed by atoms with van der Waals surface area (Å²) in [6.07, 6.45) is 0.403. The SMILES string of the molecule is Cc1ccc(CC(=O)N2CCN(C(=O)c3csc(CN)n3)CC2)cc1. The van der Waals surface area contributed by atoms with Crippen LogP contribution >= 0.6 is 11.3 Å². The molecule has 1 aromatic carbocycles. The zero-order valence-corrected chi connectivity index (χ0v) is 15.1. The molecule has 0 bridgehead atoms. The number of thiazole rings is 1. The highest BCUT2D eigenvalue weighted by Gasteiger charge is 2.26. The number of nitrogens with zero attached hydrogens (tertiary/aromatic N) is 3. The minimum Gasteiger partial charge on any atom is -0.339 e. The maximum absolute atomic E-state index is 12.5. The first kappa shape index (κ1) is 17.6. The van der Waals surface area contributed by atoms with E-state index in [2.05, 4.69) is 4.98 Å². The molecule has 0 spiro atoms. The largest absolute Gasteiger partial charge is 0.339 e. The Morgan fingerprint density at radius 3 is 2.36 bits per heavy atom. The summed E-state index contributed by atoms with van der Waals surface area (Å²) in [6, 6.07) is 8.01. The highest BCUT2D eigenvalue weighted by molar-refractivity contribution is 7.09. The Bertz CT molecular complexity index is 749. The molecule has 2 amide bonds. The van der Waals surface area contributed by atoms with Gasteiger partial charge in [-0.1, -0.05) is 29.8 Å². The second-order valence-corrected chi connectivity index (χ2v) is 7.11. The smallest absolute Gasteiger partial charge is 0.273 e. The molecule has 7 heteroatoms. The van der Waals surface area contributed by atoms with Crippen molar-refractivity contribution in [1.29, 1.82) is 0 Å². The van der Waals surface area contributed by atoms with E-state index in [1.165, 1.54) is 16.9 Å². The van der Waals surface area contributed by atoms with E-state index in [4.69, 9.17) is 5.73 Å². The molecule has 6 nitrogen and oxygen atoms in total. The second-order valence-electron chi connectivity index (χ2n) is 6.17. The van der Waals surface area contributed by atoms with Crippen molar-refractivity contribution in [3.8, 4) is 0 Å². The van der Waals surface area contributed by atoms with Crippen molar-refractivity contribution in [2.24, 2.45) is 5.73 Å². The Labute approximate surface area is 151 Å². The van der Waals surface area contributed by atoms with Gasteiger partial charge in [0.15, 0.2) is 0 Å². The summed E-state index contributed by atoms with van der Waals surface area (Å²) >= 11 is 1.40. The lowest BCUT2D eigenvalue weighted by atomic mass is 10.1. The van der Waals surface area contributed by atoms with Gasteiger partial charge in [0.1, 0.15) is 10.7 Å². The number of aryl methyl sites for hydroxylation is 1. The van der Waals surface area contributed by atoms with Crippen LogP contribution in [0.15, 0.2) is 29.6 Å². The minimum atomic E-state index is -0.0819. The molecule has 25 heavy (non-hydrogen) atoms. The number of carbonyl (C=O) groups excluding carboxylic acids is 2. The second kappa shape index (κ2) is 7.76. The van der Waals surface area contributed by atoms with Gasteiger partial charge in [-0.25, -0.2) is 4.98 Å². The zero-order chi connectivity index (χ0) is 17.8. The molecule has 2 heterocycles. The molecule has 1 aliphatic rings. The molecule has 1 aromatic heterocycles. The van der Waals surface area contributed by atoms with Gasteiger partial charge in [0.05, 0.1) is 6.42 Å². The fourth-order valence-electron chi connectivity index (χ4n) is 2.82. The van der Waals surface area contributed by atoms with E-state index in [1.54, 1.807) is 10.3 Å². The molecule has 1 fully saturated rings. The Balaban J connectivity index is 1.53. The van der Waals surface area contributed by atoms with Crippen molar-refractivity contribution in [3.63, 3.8) is 0 Å². The Morgan fingerprint density at radius 1 is 1.12 bits per heavy atom. The maximum atomic E-state index is 12.5. The topological polar surface area (TPSA) is 79.5 Å². The number of aromatic nitrogens is 1. The van der Waals surface area contributed by atoms with Crippen LogP contribution in [0, 0.1) is 6.92 Å². The lowest BCUT2D eigenvalue weighted by Crippen LogP contribution is -2.51. The summed E-state index contributed by atoms with van der Waals surface area (Å²) in [7, 11) is 0. The first-order valence-electron chi connectivity index (χ1n) is 8.34. The minimum absolute atomic E-state index is 0.0819. The van der Waals surface area contributed by atoms with Crippen LogP contribution < -0.4 is 5.73 Å². The van der Waals surface area contributed by atoms with E-state index < -0.39 is 0 Å². The third-order valence-electron chi connectivity index (χ3n) is 4.34. The van der Waals surface area contributed by atoms with E-state index in [1.807, 2.05) is 36.1 Å². The zero-order valence-electron chi connectivity index (χ0n) is 14.3. The highest BCUT2D eigenvalue weighted by atomic mass is 32.1. The third-order valence-corrected chi connectivity index (χ3v) is 5.21. The predicted molar refractivity (Wildman–Crippen MR) is 97.4 cm³/mol. The highest BCUT2D eigenvalue weighted by Crippen LogP contribution is 2.14. The van der Waals surface area contributed by atoms with Crippen LogP contribution in [0.3, 0.4) is 0 Å². The molecule has 1 aliphatic heterocycles. The fraction of sp³-hybridized carbons (Fsp3) is 0.389. The lowest BCUT2D eigenvalue weighted by Gasteiger charge is -2.34. The van der Waals surface area contributed by atoms with Crippen molar-refractivity contribution in [3.05, 3.63) is 51.5 Å². The van der Waals surface area contributed by atoms with Gasteiger partial charge in [0, 0.05) is 38.1 Å². The van der Waals surface area contributed by atoms with E-state index in [0.717, 1.165) is 10.6 Å². The van der Waals surface area contributed by atoms with Gasteiger partial charge in [0.2, 0.25) is 5.91 Å². The molecule has 1 saturated heterocycles. The molecule has 132 valence electrons. The molecule has 3 rings (SSSR count). The summed E-state index contributed by atoms with van der Waals surface area (Å²) in [5.74, 6) is 0.0246. The molecule has 2 N–H and O–H groups in total. The van der Waals surface area contributed by atoms with E-state index in [-0.39, 0.29) is 11.8 Å². The molecular weight excluding hydrogens is 336 g/mol. The number of hydrogen-bond acceptors (Lipinski definition) is 5. The van der Waals surface area contributed by atoms with Crippen LogP contribution in [0.25, 0.3) is 0 Å². The lowest BCUT2D eigenvalue weighted by molar-refractivity contribution is -0.131. The van der Waals surface area contributed by atoms with Crippen molar-refractivity contribution >= 4 is 23.2 Å². The predicted octanol–water partition coefficient (Wildman–Crippen LogP) is 1.44. The van der Waals surface area contributed by atoms with Crippen LogP contribution in [-0.4, -0.2) is 52.8 Å². The average molecular weight is 358 g/mol. The monoisotopic (exact) mass is 358 g/mol. The number of benzene rings is 1. The van der Waals surface area contributed by atoms with Crippen molar-refractivity contribution in [2.45, 2.75) is 19.9 Å². The Hall–Kier alpha value is -2.25. The summed E-state index contributed by atoms with van der Waals surface area (Å²) in [5, 5.41) is 2.51. The molecule has 0 aliphatic carbocycles. The first-order valence-corrected chi connectivity index (χ1v) is 9.22. The van der Waals surface area contributed by atoms with Gasteiger partial charge in [-0.05, 0) is 12.5 Å². The summed E-state index contributed by atoms with van der Waals surface area (Å²) in [4.78, 5) is 32.7. The number of nitrogens with two attached hydrogens (primary N) is 1. The van der Waals surface area contributed by atoms with Crippen LogP contribution in [0.4, 0.5) is 0 Å². The average Bonchev–Trinajstić information content (AvgIpc) is 3.12. The van der Waals surface area contributed by atoms with Crippen LogP contribution in [0.1, 0.15) is 26.6 Å². The fourth-order valence-corrected chi connectivity index (χ4v) is 3.46. The molecule has 0 saturated carbocycles. The van der Waals surface area contributed by atoms with Crippen LogP contribution in [-0.2, 0) is 17.8 Å². The van der Waals surface area contributed by atoms with Gasteiger partial charge < -0.3 is 15.5 Å². The van der Waals surface area contributed by atoms with Gasteiger partial charge >= 0.3 is 0 Å². The summed E-state index contributed by atoms with van der Waals surface area (Å²) in [5.41, 5.74) is 8.20. The number of rotatable bonds is 4. The molecule has 0 radical (unpaired) electrons. The summed E-state index contributed by atoms with van der Waals surface area (Å²) < 4.78 is 0. The van der Waals surface area contributed by atoms with Crippen molar-refractivity contribution < 1.29 is 9.59 Å². The van der Waals surface area contributed by atoms with Gasteiger partial charge in [-0.3, -0.25) is 9.59 Å². The van der Waals surface area contributed by atoms with Gasteiger partial charge in [-0.2, -0.15) is 0 Å². The van der Waals surface area contributed by atoms with E-state index >= 15 is 0 Å². The number of amides is 2. The molecule has 0 atom stereocenters. The third kappa shape index (κ3) is 4.24. The standard InChI is InChI=1S/C18H22N4O2S/c1-13-2-4-14(5-3-13)10-17(23)21-6-8-22(9-7-21)18(24)15-12-25-16(11-19)20-15/h2-5,12H,6-11,19H2,1H3. The van der Waals surface area contributed by atoms with Gasteiger partial charge in [-0.15, -0.1) is 11.3 Å². The number of piperazine rings is 1. The van der Waals surface area contributed by atoms with Gasteiger partial charge in [0.25, 0.3) is 5.91 Å². The molecular formula is C18H22N4O2S. The molecule has 0 unspecified atom stereocenters. The van der Waals surface area contributed by atoms with E-state index in [9.17, 15) is 9.59 Å². The Kier molecular flexibility index (Phi) is 5.45. The van der Waals surface area contributed by atoms with Crippen molar-refractivity contribution in [2.75, 3.05) is 26.2 Å². The quantitative estimate of drug-likeness (QED) is 0.897. The normalized spacial score (nSPS) is 14.6. The first-order chi connectivity index (χ1) is 12.1. The van der Waals surface area contributed by atoms with Crippen LogP contribution in [0.2, 0.25) is 0 Å². The number of carbonyl (C=O) groups is 2.